The fraction of sp³-hybridized carbons (Fsp3) is 0.889. The van der Waals surface area contributed by atoms with Gasteiger partial charge in [0.2, 0.25) is 0 Å². The Morgan fingerprint density at radius 3 is 2.07 bits per heavy atom. The summed E-state index contributed by atoms with van der Waals surface area (Å²) in [4.78, 5) is 10.4. The molecule has 0 saturated heterocycles. The quantitative estimate of drug-likeness (QED) is 0.670. The van der Waals surface area contributed by atoms with E-state index < -0.39 is 18.2 Å². The molecule has 0 fully saturated rings. The lowest BCUT2D eigenvalue weighted by molar-refractivity contribution is -0.204. The first kappa shape index (κ1) is 13.3. The second kappa shape index (κ2) is 5.22. The molecule has 0 aromatic heterocycles. The fourth-order valence-corrected chi connectivity index (χ4v) is 0.877. The Kier molecular flexibility index (Phi) is 4.94. The van der Waals surface area contributed by atoms with Crippen molar-refractivity contribution in [2.45, 2.75) is 45.9 Å². The van der Waals surface area contributed by atoms with Crippen LogP contribution in [0, 0.1) is 5.92 Å². The van der Waals surface area contributed by atoms with Crippen LogP contribution in [0.3, 0.4) is 0 Å². The number of ether oxygens (including phenoxy) is 1. The maximum atomic E-state index is 11.7. The molecule has 0 saturated carbocycles. The molecule has 14 heavy (non-hydrogen) atoms. The monoisotopic (exact) mass is 212 g/mol. The first-order valence-electron chi connectivity index (χ1n) is 4.51. The van der Waals surface area contributed by atoms with Crippen molar-refractivity contribution < 1.29 is 22.7 Å². The zero-order valence-electron chi connectivity index (χ0n) is 8.52. The van der Waals surface area contributed by atoms with Crippen LogP contribution < -0.4 is 0 Å². The van der Waals surface area contributed by atoms with Gasteiger partial charge >= 0.3 is 12.1 Å². The summed E-state index contributed by atoms with van der Waals surface area (Å²) >= 11 is 0. The zero-order chi connectivity index (χ0) is 11.4. The summed E-state index contributed by atoms with van der Waals surface area (Å²) in [5.41, 5.74) is 0. The molecule has 0 bridgehead atoms. The molecule has 1 unspecified atom stereocenters. The zero-order valence-corrected chi connectivity index (χ0v) is 8.52. The molecule has 0 spiro atoms. The van der Waals surface area contributed by atoms with E-state index in [0.29, 0.717) is 12.3 Å². The fourth-order valence-electron chi connectivity index (χ4n) is 0.877. The Hall–Kier alpha value is -0.740. The van der Waals surface area contributed by atoms with E-state index in [1.165, 1.54) is 6.92 Å². The van der Waals surface area contributed by atoms with Crippen LogP contribution in [0.4, 0.5) is 13.2 Å². The van der Waals surface area contributed by atoms with E-state index in [-0.39, 0.29) is 0 Å². The number of hydrogen-bond donors (Lipinski definition) is 0. The van der Waals surface area contributed by atoms with Gasteiger partial charge in [-0.05, 0) is 25.7 Å². The smallest absolute Gasteiger partial charge is 0.456 e. The molecular formula is C9H15F3O2. The molecule has 0 aliphatic rings. The molecule has 5 heteroatoms. The number of esters is 1. The summed E-state index contributed by atoms with van der Waals surface area (Å²) < 4.78 is 39.4. The normalized spacial score (nSPS) is 14.2. The summed E-state index contributed by atoms with van der Waals surface area (Å²) in [5, 5.41) is 0. The molecular weight excluding hydrogens is 197 g/mol. The van der Waals surface area contributed by atoms with E-state index in [2.05, 4.69) is 4.74 Å². The van der Waals surface area contributed by atoms with Gasteiger partial charge in [-0.15, -0.1) is 0 Å². The summed E-state index contributed by atoms with van der Waals surface area (Å²) in [6.45, 7) is 5.38. The predicted molar refractivity (Wildman–Crippen MR) is 45.7 cm³/mol. The highest BCUT2D eigenvalue weighted by molar-refractivity contribution is 5.75. The van der Waals surface area contributed by atoms with Crippen LogP contribution in [0.5, 0.6) is 0 Å². The van der Waals surface area contributed by atoms with Crippen LogP contribution in [-0.2, 0) is 9.53 Å². The van der Waals surface area contributed by atoms with Crippen molar-refractivity contribution in [3.05, 3.63) is 0 Å². The third-order valence-electron chi connectivity index (χ3n) is 1.69. The molecule has 0 aromatic carbocycles. The molecule has 0 aliphatic carbocycles. The number of carbonyl (C=O) groups excluding carboxylic acids is 1. The van der Waals surface area contributed by atoms with Crippen molar-refractivity contribution >= 4 is 5.97 Å². The molecule has 0 aliphatic heterocycles. The van der Waals surface area contributed by atoms with E-state index in [1.54, 1.807) is 0 Å². The lowest BCUT2D eigenvalue weighted by Gasteiger charge is -2.15. The summed E-state index contributed by atoms with van der Waals surface area (Å²) in [6, 6.07) is 0. The van der Waals surface area contributed by atoms with E-state index in [0.717, 1.165) is 6.42 Å². The number of alkyl halides is 3. The van der Waals surface area contributed by atoms with Crippen molar-refractivity contribution in [2.24, 2.45) is 5.92 Å². The van der Waals surface area contributed by atoms with E-state index in [9.17, 15) is 18.0 Å². The van der Waals surface area contributed by atoms with E-state index in [4.69, 9.17) is 0 Å². The van der Waals surface area contributed by atoms with Crippen molar-refractivity contribution in [3.63, 3.8) is 0 Å². The molecule has 0 radical (unpaired) electrons. The average molecular weight is 212 g/mol. The molecule has 2 nitrogen and oxygen atoms in total. The second-order valence-corrected chi connectivity index (χ2v) is 3.68. The molecule has 0 rings (SSSR count). The topological polar surface area (TPSA) is 26.3 Å². The molecule has 0 N–H and O–H groups in total. The minimum absolute atomic E-state index is 0.391. The maximum absolute atomic E-state index is 11.7. The largest absolute Gasteiger partial charge is 0.490 e. The van der Waals surface area contributed by atoms with Crippen molar-refractivity contribution in [3.8, 4) is 0 Å². The van der Waals surface area contributed by atoms with Crippen LogP contribution in [0.15, 0.2) is 0 Å². The van der Waals surface area contributed by atoms with Gasteiger partial charge in [0, 0.05) is 0 Å². The lowest BCUT2D eigenvalue weighted by atomic mass is 10.1. The maximum Gasteiger partial charge on any atom is 0.490 e. The van der Waals surface area contributed by atoms with Crippen LogP contribution in [0.1, 0.15) is 33.6 Å². The van der Waals surface area contributed by atoms with Crippen LogP contribution in [-0.4, -0.2) is 18.2 Å². The summed E-state index contributed by atoms with van der Waals surface area (Å²) in [6.07, 6.45) is -4.36. The Morgan fingerprint density at radius 1 is 1.21 bits per heavy atom. The third-order valence-corrected chi connectivity index (χ3v) is 1.69. The highest BCUT2D eigenvalue weighted by atomic mass is 19.4. The van der Waals surface area contributed by atoms with Gasteiger partial charge in [0.25, 0.3) is 0 Å². The predicted octanol–water partition coefficient (Wildman–Crippen LogP) is 2.92. The number of halogens is 3. The lowest BCUT2D eigenvalue weighted by Crippen LogP contribution is -2.29. The van der Waals surface area contributed by atoms with Gasteiger partial charge in [0.1, 0.15) is 0 Å². The van der Waals surface area contributed by atoms with Crippen LogP contribution >= 0.6 is 0 Å². The molecule has 0 heterocycles. The number of hydrogen-bond acceptors (Lipinski definition) is 2. The minimum Gasteiger partial charge on any atom is -0.456 e. The summed E-state index contributed by atoms with van der Waals surface area (Å²) in [5.74, 6) is -1.71. The summed E-state index contributed by atoms with van der Waals surface area (Å²) in [7, 11) is 0. The Balaban J connectivity index is 3.83. The second-order valence-electron chi connectivity index (χ2n) is 3.68. The first-order chi connectivity index (χ1) is 6.23. The Labute approximate surface area is 81.4 Å². The van der Waals surface area contributed by atoms with Crippen molar-refractivity contribution in [2.75, 3.05) is 0 Å². The van der Waals surface area contributed by atoms with Gasteiger partial charge in [-0.1, -0.05) is 13.8 Å². The highest BCUT2D eigenvalue weighted by Crippen LogP contribution is 2.19. The third kappa shape index (κ3) is 5.83. The van der Waals surface area contributed by atoms with E-state index >= 15 is 0 Å². The number of rotatable bonds is 4. The van der Waals surface area contributed by atoms with E-state index in [1.807, 2.05) is 13.8 Å². The SMILES string of the molecule is CC(C)CCC(C)OC(=O)C(F)(F)F. The Morgan fingerprint density at radius 2 is 1.71 bits per heavy atom. The molecule has 0 aromatic rings. The average Bonchev–Trinajstić information content (AvgIpc) is 1.99. The molecule has 0 amide bonds. The van der Waals surface area contributed by atoms with Crippen molar-refractivity contribution in [1.82, 2.24) is 0 Å². The minimum atomic E-state index is -4.88. The van der Waals surface area contributed by atoms with Gasteiger partial charge < -0.3 is 4.74 Å². The molecule has 84 valence electrons. The van der Waals surface area contributed by atoms with Gasteiger partial charge in [-0.2, -0.15) is 13.2 Å². The highest BCUT2D eigenvalue weighted by Gasteiger charge is 2.41. The van der Waals surface area contributed by atoms with Gasteiger partial charge in [0.05, 0.1) is 6.10 Å². The van der Waals surface area contributed by atoms with Gasteiger partial charge in [0.15, 0.2) is 0 Å². The number of carbonyl (C=O) groups is 1. The van der Waals surface area contributed by atoms with Crippen LogP contribution in [0.2, 0.25) is 0 Å². The Bertz CT molecular complexity index is 187. The molecule has 1 atom stereocenters. The van der Waals surface area contributed by atoms with Gasteiger partial charge in [-0.25, -0.2) is 4.79 Å². The van der Waals surface area contributed by atoms with Crippen LogP contribution in [0.25, 0.3) is 0 Å². The van der Waals surface area contributed by atoms with Gasteiger partial charge in [-0.3, -0.25) is 0 Å². The first-order valence-corrected chi connectivity index (χ1v) is 4.51. The standard InChI is InChI=1S/C9H15F3O2/c1-6(2)4-5-7(3)14-8(13)9(10,11)12/h6-7H,4-5H2,1-3H3. The van der Waals surface area contributed by atoms with Crippen molar-refractivity contribution in [1.29, 1.82) is 0 Å².